The lowest BCUT2D eigenvalue weighted by atomic mass is 10.0. The van der Waals surface area contributed by atoms with Crippen molar-refractivity contribution in [3.05, 3.63) is 56.8 Å². The van der Waals surface area contributed by atoms with Crippen molar-refractivity contribution in [1.29, 1.82) is 0 Å². The highest BCUT2D eigenvalue weighted by atomic mass is 79.9. The van der Waals surface area contributed by atoms with E-state index in [0.717, 1.165) is 32.7 Å². The molecule has 0 unspecified atom stereocenters. The number of rotatable bonds is 2. The Balaban J connectivity index is 1.54. The van der Waals surface area contributed by atoms with E-state index >= 15 is 0 Å². The summed E-state index contributed by atoms with van der Waals surface area (Å²) >= 11 is 3.52. The van der Waals surface area contributed by atoms with Crippen molar-refractivity contribution in [3.8, 4) is 17.2 Å². The van der Waals surface area contributed by atoms with Crippen LogP contribution in [0.5, 0.6) is 17.2 Å². The second-order valence-corrected chi connectivity index (χ2v) is 8.48. The molecular formula is C22H20BrNO5. The smallest absolute Gasteiger partial charge is 0.231 e. The summed E-state index contributed by atoms with van der Waals surface area (Å²) in [4.78, 5) is 15.2. The van der Waals surface area contributed by atoms with E-state index in [1.165, 1.54) is 0 Å². The normalized spacial score (nSPS) is 19.3. The summed E-state index contributed by atoms with van der Waals surface area (Å²) in [6, 6.07) is 7.84. The zero-order valence-corrected chi connectivity index (χ0v) is 17.7. The minimum atomic E-state index is -0.134. The van der Waals surface area contributed by atoms with Gasteiger partial charge in [0.2, 0.25) is 5.78 Å². The standard InChI is InChI=1S/C22H20BrNO5/c1-12(2)24-8-17-18(27-10-24)4-3-16-20(25)19(29-22(16)17)7-13-5-15(23)6-14-9-26-11-28-21(13)14/h3-7,12H,8-11H2,1-2H3/b19-7-. The SMILES string of the molecule is CC(C)N1COc2ccc3c(c2C1)O/C(=C\c1cc(Br)cc2c1OCOC2)C3=O. The Kier molecular flexibility index (Phi) is 4.61. The third kappa shape index (κ3) is 3.23. The lowest BCUT2D eigenvalue weighted by Gasteiger charge is -2.32. The summed E-state index contributed by atoms with van der Waals surface area (Å²) < 4.78 is 23.9. The first-order valence-electron chi connectivity index (χ1n) is 9.51. The van der Waals surface area contributed by atoms with Crippen molar-refractivity contribution in [2.75, 3.05) is 13.5 Å². The third-order valence-electron chi connectivity index (χ3n) is 5.37. The van der Waals surface area contributed by atoms with Crippen LogP contribution in [0.3, 0.4) is 0 Å². The number of nitrogens with zero attached hydrogens (tertiary/aromatic N) is 1. The molecule has 0 bridgehead atoms. The molecule has 0 atom stereocenters. The Morgan fingerprint density at radius 1 is 1.17 bits per heavy atom. The van der Waals surface area contributed by atoms with E-state index in [1.807, 2.05) is 18.2 Å². The fraction of sp³-hybridized carbons (Fsp3) is 0.318. The summed E-state index contributed by atoms with van der Waals surface area (Å²) in [6.07, 6.45) is 1.74. The van der Waals surface area contributed by atoms with Crippen LogP contribution in [-0.4, -0.2) is 30.2 Å². The molecule has 5 rings (SSSR count). The molecule has 3 aliphatic rings. The minimum Gasteiger partial charge on any atom is -0.478 e. The quantitative estimate of drug-likeness (QED) is 0.619. The number of halogens is 1. The number of fused-ring (bicyclic) bond motifs is 4. The average Bonchev–Trinajstić information content (AvgIpc) is 3.03. The number of carbonyl (C=O) groups excluding carboxylic acids is 1. The zero-order valence-electron chi connectivity index (χ0n) is 16.2. The Morgan fingerprint density at radius 2 is 2.03 bits per heavy atom. The van der Waals surface area contributed by atoms with Gasteiger partial charge in [-0.1, -0.05) is 15.9 Å². The molecule has 0 N–H and O–H groups in total. The number of carbonyl (C=O) groups is 1. The maximum absolute atomic E-state index is 13.0. The largest absolute Gasteiger partial charge is 0.478 e. The molecule has 29 heavy (non-hydrogen) atoms. The third-order valence-corrected chi connectivity index (χ3v) is 5.82. The molecule has 3 heterocycles. The van der Waals surface area contributed by atoms with Crippen molar-refractivity contribution < 1.29 is 23.7 Å². The molecule has 0 fully saturated rings. The molecule has 0 radical (unpaired) electrons. The first-order valence-corrected chi connectivity index (χ1v) is 10.3. The van der Waals surface area contributed by atoms with Gasteiger partial charge in [0.15, 0.2) is 12.6 Å². The van der Waals surface area contributed by atoms with E-state index in [9.17, 15) is 4.79 Å². The van der Waals surface area contributed by atoms with Crippen LogP contribution >= 0.6 is 15.9 Å². The van der Waals surface area contributed by atoms with Gasteiger partial charge in [0.05, 0.1) is 17.7 Å². The first kappa shape index (κ1) is 18.7. The lowest BCUT2D eigenvalue weighted by Crippen LogP contribution is -2.37. The van der Waals surface area contributed by atoms with E-state index < -0.39 is 0 Å². The maximum Gasteiger partial charge on any atom is 0.231 e. The Morgan fingerprint density at radius 3 is 2.86 bits per heavy atom. The van der Waals surface area contributed by atoms with Crippen molar-refractivity contribution in [2.24, 2.45) is 0 Å². The predicted molar refractivity (Wildman–Crippen MR) is 110 cm³/mol. The van der Waals surface area contributed by atoms with Crippen LogP contribution in [0.25, 0.3) is 6.08 Å². The topological polar surface area (TPSA) is 57.2 Å². The molecule has 2 aromatic carbocycles. The molecule has 150 valence electrons. The van der Waals surface area contributed by atoms with Crippen LogP contribution in [0, 0.1) is 0 Å². The van der Waals surface area contributed by atoms with Gasteiger partial charge in [0, 0.05) is 28.2 Å². The summed E-state index contributed by atoms with van der Waals surface area (Å²) in [5.74, 6) is 2.23. The molecule has 7 heteroatoms. The number of allylic oxidation sites excluding steroid dienone is 1. The number of Topliss-reactive ketones (excluding diaryl/α,β-unsaturated/α-hetero) is 1. The molecular weight excluding hydrogens is 438 g/mol. The van der Waals surface area contributed by atoms with Crippen LogP contribution in [-0.2, 0) is 17.9 Å². The molecule has 0 amide bonds. The summed E-state index contributed by atoms with van der Waals surface area (Å²) in [6.45, 7) is 6.11. The lowest BCUT2D eigenvalue weighted by molar-refractivity contribution is -0.0165. The number of benzene rings is 2. The molecule has 0 aromatic heterocycles. The molecule has 3 aliphatic heterocycles. The monoisotopic (exact) mass is 457 g/mol. The highest BCUT2D eigenvalue weighted by molar-refractivity contribution is 9.10. The van der Waals surface area contributed by atoms with E-state index in [2.05, 4.69) is 34.7 Å². The highest BCUT2D eigenvalue weighted by Crippen LogP contribution is 2.43. The van der Waals surface area contributed by atoms with Crippen LogP contribution in [0.2, 0.25) is 0 Å². The predicted octanol–water partition coefficient (Wildman–Crippen LogP) is 4.49. The van der Waals surface area contributed by atoms with Gasteiger partial charge in [-0.3, -0.25) is 9.69 Å². The van der Waals surface area contributed by atoms with Crippen LogP contribution in [0.4, 0.5) is 0 Å². The van der Waals surface area contributed by atoms with Crippen LogP contribution < -0.4 is 14.2 Å². The summed E-state index contributed by atoms with van der Waals surface area (Å²) in [7, 11) is 0. The maximum atomic E-state index is 13.0. The second kappa shape index (κ2) is 7.16. The van der Waals surface area contributed by atoms with Gasteiger partial charge < -0.3 is 18.9 Å². The zero-order chi connectivity index (χ0) is 20.1. The first-order chi connectivity index (χ1) is 14.0. The van der Waals surface area contributed by atoms with Crippen molar-refractivity contribution >= 4 is 27.8 Å². The van der Waals surface area contributed by atoms with Gasteiger partial charge in [0.1, 0.15) is 24.0 Å². The van der Waals surface area contributed by atoms with Crippen LogP contribution in [0.1, 0.15) is 40.9 Å². The number of hydrogen-bond donors (Lipinski definition) is 0. The van der Waals surface area contributed by atoms with Gasteiger partial charge in [0.25, 0.3) is 0 Å². The van der Waals surface area contributed by atoms with Crippen molar-refractivity contribution in [2.45, 2.75) is 33.0 Å². The molecule has 0 aliphatic carbocycles. The van der Waals surface area contributed by atoms with Gasteiger partial charge in [-0.05, 0) is 44.2 Å². The Hall–Kier alpha value is -2.35. The molecule has 0 spiro atoms. The Labute approximate surface area is 177 Å². The van der Waals surface area contributed by atoms with E-state index in [-0.39, 0.29) is 18.3 Å². The van der Waals surface area contributed by atoms with Crippen molar-refractivity contribution in [1.82, 2.24) is 4.90 Å². The van der Waals surface area contributed by atoms with Gasteiger partial charge in [-0.15, -0.1) is 0 Å². The Bertz CT molecular complexity index is 1050. The van der Waals surface area contributed by atoms with Gasteiger partial charge >= 0.3 is 0 Å². The average molecular weight is 458 g/mol. The minimum absolute atomic E-state index is 0.134. The number of hydrogen-bond acceptors (Lipinski definition) is 6. The fourth-order valence-corrected chi connectivity index (χ4v) is 4.29. The van der Waals surface area contributed by atoms with Gasteiger partial charge in [-0.2, -0.15) is 0 Å². The van der Waals surface area contributed by atoms with Gasteiger partial charge in [-0.25, -0.2) is 0 Å². The number of ether oxygens (including phenoxy) is 4. The molecule has 2 aromatic rings. The fourth-order valence-electron chi connectivity index (χ4n) is 3.76. The van der Waals surface area contributed by atoms with E-state index in [0.29, 0.717) is 37.2 Å². The van der Waals surface area contributed by atoms with Crippen LogP contribution in [0.15, 0.2) is 34.5 Å². The van der Waals surface area contributed by atoms with E-state index in [4.69, 9.17) is 18.9 Å². The number of ketones is 1. The highest BCUT2D eigenvalue weighted by Gasteiger charge is 2.34. The van der Waals surface area contributed by atoms with Crippen molar-refractivity contribution in [3.63, 3.8) is 0 Å². The molecule has 0 saturated heterocycles. The molecule has 0 saturated carbocycles. The van der Waals surface area contributed by atoms with E-state index in [1.54, 1.807) is 12.1 Å². The summed E-state index contributed by atoms with van der Waals surface area (Å²) in [5, 5.41) is 0. The molecule has 6 nitrogen and oxygen atoms in total. The second-order valence-electron chi connectivity index (χ2n) is 7.57. The summed E-state index contributed by atoms with van der Waals surface area (Å²) in [5.41, 5.74) is 3.19.